The molecule has 1 aromatic heterocycles. The largest absolute Gasteiger partial charge is 0.310 e. The Hall–Kier alpha value is -8.56. The molecule has 0 atom stereocenters. The molecule has 2 aliphatic carbocycles. The van der Waals surface area contributed by atoms with E-state index in [0.29, 0.717) is 0 Å². The van der Waals surface area contributed by atoms with E-state index in [-0.39, 0.29) is 10.8 Å². The minimum atomic E-state index is -0.506. The lowest BCUT2D eigenvalue weighted by Crippen LogP contribution is -2.27. The molecule has 0 unspecified atom stereocenters. The lowest BCUT2D eigenvalue weighted by Gasteiger charge is -2.33. The monoisotopic (exact) mass is 1010 g/mol. The van der Waals surface area contributed by atoms with Crippen LogP contribution in [-0.2, 0) is 16.2 Å². The van der Waals surface area contributed by atoms with Gasteiger partial charge >= 0.3 is 0 Å². The zero-order chi connectivity index (χ0) is 52.2. The normalized spacial score (nSPS) is 13.2. The van der Waals surface area contributed by atoms with Crippen molar-refractivity contribution in [2.45, 2.75) is 57.8 Å². The second-order valence-corrected chi connectivity index (χ2v) is 24.2. The third-order valence-electron chi connectivity index (χ3n) is 16.6. The number of hydrogen-bond donors (Lipinski definition) is 0. The first-order valence-corrected chi connectivity index (χ1v) is 28.0. The number of para-hydroxylation sites is 1. The molecule has 77 heavy (non-hydrogen) atoms. The van der Waals surface area contributed by atoms with Crippen LogP contribution in [0.25, 0.3) is 86.9 Å². The maximum absolute atomic E-state index is 2.55. The van der Waals surface area contributed by atoms with Gasteiger partial charge in [0, 0.05) is 37.1 Å². The fraction of sp³-hybridized carbons (Fsp3) is 0.120. The quantitative estimate of drug-likeness (QED) is 0.154. The zero-order valence-corrected chi connectivity index (χ0v) is 45.3. The summed E-state index contributed by atoms with van der Waals surface area (Å²) in [6.07, 6.45) is 0. The first-order valence-electron chi connectivity index (χ1n) is 27.2. The molecule has 11 aromatic carbocycles. The van der Waals surface area contributed by atoms with Gasteiger partial charge in [-0.05, 0) is 142 Å². The molecule has 0 radical (unpaired) electrons. The highest BCUT2D eigenvalue weighted by Crippen LogP contribution is 2.64. The molecular weight excluding hydrogens is 947 g/mol. The standard InChI is InChI=1S/C75H59NS/c1-73(2,3)50-38-41-60-61-42-39-51(74(4,5)6)46-69(61)75(68(60)45-50)66-35-17-14-30-59(66)65-47-53(40-43-67(65)75)76(52-25-20-24-49(44-52)55-33-21-34-64-63-32-16-19-37-71(63)77-72(55)64)70-36-18-15-31-62(70)58-29-13-12-28-57(58)56-27-11-10-26-54(56)48-22-8-7-9-23-48/h7-47H,1-6H3. The van der Waals surface area contributed by atoms with Crippen LogP contribution in [0.3, 0.4) is 0 Å². The zero-order valence-electron chi connectivity index (χ0n) is 44.5. The van der Waals surface area contributed by atoms with Gasteiger partial charge in [0.15, 0.2) is 0 Å². The molecule has 0 aliphatic heterocycles. The van der Waals surface area contributed by atoms with Crippen molar-refractivity contribution >= 4 is 48.6 Å². The van der Waals surface area contributed by atoms with Crippen molar-refractivity contribution in [2.24, 2.45) is 0 Å². The van der Waals surface area contributed by atoms with Gasteiger partial charge in [-0.15, -0.1) is 11.3 Å². The highest BCUT2D eigenvalue weighted by atomic mass is 32.1. The van der Waals surface area contributed by atoms with E-state index >= 15 is 0 Å². The van der Waals surface area contributed by atoms with E-state index in [1.807, 2.05) is 11.3 Å². The highest BCUT2D eigenvalue weighted by Gasteiger charge is 2.52. The summed E-state index contributed by atoms with van der Waals surface area (Å²) in [4.78, 5) is 2.53. The first kappa shape index (κ1) is 46.9. The van der Waals surface area contributed by atoms with Gasteiger partial charge in [0.05, 0.1) is 11.1 Å². The van der Waals surface area contributed by atoms with E-state index in [9.17, 15) is 0 Å². The van der Waals surface area contributed by atoms with Crippen LogP contribution in [0.1, 0.15) is 74.9 Å². The molecule has 2 aliphatic rings. The molecule has 1 spiro atoms. The summed E-state index contributed by atoms with van der Waals surface area (Å²) >= 11 is 1.89. The first-order chi connectivity index (χ1) is 37.5. The molecule has 2 heteroatoms. The van der Waals surface area contributed by atoms with Crippen LogP contribution in [-0.4, -0.2) is 0 Å². The lowest BCUT2D eigenvalue weighted by atomic mass is 9.69. The van der Waals surface area contributed by atoms with Crippen LogP contribution in [0.5, 0.6) is 0 Å². The van der Waals surface area contributed by atoms with E-state index in [1.54, 1.807) is 0 Å². The molecular formula is C75H59NS. The average molecular weight is 1010 g/mol. The van der Waals surface area contributed by atoms with Crippen LogP contribution in [0, 0.1) is 0 Å². The second-order valence-electron chi connectivity index (χ2n) is 23.2. The molecule has 0 bridgehead atoms. The van der Waals surface area contributed by atoms with Crippen molar-refractivity contribution in [1.29, 1.82) is 0 Å². The third kappa shape index (κ3) is 7.41. The molecule has 0 N–H and O–H groups in total. The molecule has 0 saturated carbocycles. The molecule has 12 aromatic rings. The van der Waals surface area contributed by atoms with Crippen LogP contribution in [0.15, 0.2) is 249 Å². The maximum atomic E-state index is 2.55. The fourth-order valence-electron chi connectivity index (χ4n) is 12.9. The van der Waals surface area contributed by atoms with Gasteiger partial charge in [-0.3, -0.25) is 0 Å². The Balaban J connectivity index is 1.02. The van der Waals surface area contributed by atoms with Crippen LogP contribution < -0.4 is 4.90 Å². The van der Waals surface area contributed by atoms with Crippen molar-refractivity contribution in [1.82, 2.24) is 0 Å². The molecule has 0 fully saturated rings. The van der Waals surface area contributed by atoms with Crippen LogP contribution in [0.2, 0.25) is 0 Å². The van der Waals surface area contributed by atoms with Crippen molar-refractivity contribution in [3.05, 3.63) is 282 Å². The molecule has 1 heterocycles. The number of rotatable bonds is 7. The van der Waals surface area contributed by atoms with Crippen molar-refractivity contribution in [2.75, 3.05) is 4.90 Å². The van der Waals surface area contributed by atoms with Gasteiger partial charge in [0.25, 0.3) is 0 Å². The van der Waals surface area contributed by atoms with E-state index in [4.69, 9.17) is 0 Å². The average Bonchev–Trinajstić information content (AvgIpc) is 3.90. The smallest absolute Gasteiger partial charge is 0.0725 e. The second kappa shape index (κ2) is 17.8. The number of hydrogen-bond acceptors (Lipinski definition) is 2. The fourth-order valence-corrected chi connectivity index (χ4v) is 14.1. The van der Waals surface area contributed by atoms with Gasteiger partial charge in [0.2, 0.25) is 0 Å². The summed E-state index contributed by atoms with van der Waals surface area (Å²) in [7, 11) is 0. The number of thiophene rings is 1. The van der Waals surface area contributed by atoms with Crippen molar-refractivity contribution in [3.63, 3.8) is 0 Å². The molecule has 1 nitrogen and oxygen atoms in total. The predicted molar refractivity (Wildman–Crippen MR) is 329 cm³/mol. The summed E-state index contributed by atoms with van der Waals surface area (Å²) in [5.41, 5.74) is 25.7. The third-order valence-corrected chi connectivity index (χ3v) is 17.9. The highest BCUT2D eigenvalue weighted by molar-refractivity contribution is 7.26. The summed E-state index contributed by atoms with van der Waals surface area (Å²) in [6.45, 7) is 14.1. The summed E-state index contributed by atoms with van der Waals surface area (Å²) in [6, 6.07) is 93.9. The van der Waals surface area contributed by atoms with Crippen LogP contribution >= 0.6 is 11.3 Å². The minimum absolute atomic E-state index is 0.0282. The van der Waals surface area contributed by atoms with E-state index < -0.39 is 5.41 Å². The Morgan fingerprint density at radius 2 is 0.805 bits per heavy atom. The van der Waals surface area contributed by atoms with Crippen molar-refractivity contribution < 1.29 is 0 Å². The van der Waals surface area contributed by atoms with Gasteiger partial charge in [0.1, 0.15) is 0 Å². The van der Waals surface area contributed by atoms with Crippen LogP contribution in [0.4, 0.5) is 17.1 Å². The SMILES string of the molecule is CC(C)(C)c1ccc2c(c1)C1(c3ccccc3-c3cc(N(c4cccc(-c5cccc6c5sc5ccccc56)c4)c4ccccc4-c4ccccc4-c4ccccc4-c4ccccc4)ccc31)c1cc(C(C)(C)C)ccc1-2. The van der Waals surface area contributed by atoms with E-state index in [2.05, 4.69) is 295 Å². The van der Waals surface area contributed by atoms with Gasteiger partial charge in [-0.1, -0.05) is 254 Å². The molecule has 370 valence electrons. The molecule has 14 rings (SSSR count). The van der Waals surface area contributed by atoms with Gasteiger partial charge in [-0.25, -0.2) is 0 Å². The Morgan fingerprint density at radius 1 is 0.312 bits per heavy atom. The maximum Gasteiger partial charge on any atom is 0.0725 e. The van der Waals surface area contributed by atoms with Gasteiger partial charge in [-0.2, -0.15) is 0 Å². The number of benzene rings is 11. The molecule has 0 amide bonds. The van der Waals surface area contributed by atoms with E-state index in [0.717, 1.165) is 22.6 Å². The Kier molecular flexibility index (Phi) is 10.8. The van der Waals surface area contributed by atoms with Gasteiger partial charge < -0.3 is 4.90 Å². The van der Waals surface area contributed by atoms with E-state index in [1.165, 1.54) is 115 Å². The topological polar surface area (TPSA) is 3.24 Å². The predicted octanol–water partition coefficient (Wildman–Crippen LogP) is 21.1. The lowest BCUT2D eigenvalue weighted by molar-refractivity contribution is 0.586. The molecule has 0 saturated heterocycles. The Morgan fingerprint density at radius 3 is 1.51 bits per heavy atom. The number of nitrogens with zero attached hydrogens (tertiary/aromatic N) is 1. The van der Waals surface area contributed by atoms with Crippen molar-refractivity contribution in [3.8, 4) is 66.8 Å². The number of fused-ring (bicyclic) bond motifs is 13. The summed E-state index contributed by atoms with van der Waals surface area (Å²) in [5.74, 6) is 0. The number of anilines is 3. The minimum Gasteiger partial charge on any atom is -0.310 e. The Labute approximate surface area is 457 Å². The summed E-state index contributed by atoms with van der Waals surface area (Å²) in [5, 5.41) is 2.61. The Bertz CT molecular complexity index is 4250. The summed E-state index contributed by atoms with van der Waals surface area (Å²) < 4.78 is 2.62.